The van der Waals surface area contributed by atoms with Crippen LogP contribution in [0.2, 0.25) is 0 Å². The van der Waals surface area contributed by atoms with E-state index >= 15 is 0 Å². The number of fused-ring (bicyclic) bond motifs is 2. The standard InChI is InChI=1S/C25H17F4N3O6/c26-23(27)36-16-5-1-13(2-6-16)22-17(14-3-7-18-20(9-14)35-12-34-18)11-32(31-22)24(33)30-15-4-8-19-21(10-15)38-25(28,29)37-19/h1-10,23,31H,11-12H2,(H,30,33). The molecule has 0 atom stereocenters. The van der Waals surface area contributed by atoms with Crippen LogP contribution in [-0.4, -0.2) is 37.3 Å². The first-order valence-electron chi connectivity index (χ1n) is 11.2. The molecule has 3 aromatic rings. The molecule has 0 unspecified atom stereocenters. The van der Waals surface area contributed by atoms with Crippen molar-refractivity contribution < 1.29 is 46.0 Å². The van der Waals surface area contributed by atoms with Crippen molar-refractivity contribution in [3.8, 4) is 28.7 Å². The molecule has 9 nitrogen and oxygen atoms in total. The van der Waals surface area contributed by atoms with Crippen LogP contribution in [0, 0.1) is 0 Å². The largest absolute Gasteiger partial charge is 0.586 e. The number of carbonyl (C=O) groups excluding carboxylic acids is 1. The first-order chi connectivity index (χ1) is 18.2. The van der Waals surface area contributed by atoms with Gasteiger partial charge < -0.3 is 29.0 Å². The Bertz CT molecular complexity index is 1450. The second-order valence-electron chi connectivity index (χ2n) is 8.28. The van der Waals surface area contributed by atoms with E-state index in [0.717, 1.165) is 5.56 Å². The quantitative estimate of drug-likeness (QED) is 0.434. The lowest BCUT2D eigenvalue weighted by Gasteiger charge is -2.19. The van der Waals surface area contributed by atoms with E-state index in [2.05, 4.69) is 25.0 Å². The maximum atomic E-state index is 13.3. The summed E-state index contributed by atoms with van der Waals surface area (Å²) in [6, 6.07) is 14.5. The molecule has 3 aliphatic rings. The number of halogens is 4. The second-order valence-corrected chi connectivity index (χ2v) is 8.28. The maximum absolute atomic E-state index is 13.3. The molecule has 38 heavy (non-hydrogen) atoms. The Kier molecular flexibility index (Phi) is 5.55. The van der Waals surface area contributed by atoms with Gasteiger partial charge in [0.25, 0.3) is 0 Å². The Morgan fingerprint density at radius 2 is 1.63 bits per heavy atom. The molecular weight excluding hydrogens is 514 g/mol. The molecule has 0 aliphatic carbocycles. The summed E-state index contributed by atoms with van der Waals surface area (Å²) < 4.78 is 75.9. The number of nitrogens with one attached hydrogen (secondary N) is 2. The summed E-state index contributed by atoms with van der Waals surface area (Å²) in [6.07, 6.45) is -3.78. The number of anilines is 1. The Balaban J connectivity index is 1.26. The molecule has 3 heterocycles. The van der Waals surface area contributed by atoms with Gasteiger partial charge in [-0.1, -0.05) is 6.07 Å². The van der Waals surface area contributed by atoms with Crippen LogP contribution in [0.5, 0.6) is 28.7 Å². The molecule has 0 spiro atoms. The van der Waals surface area contributed by atoms with E-state index < -0.39 is 18.9 Å². The van der Waals surface area contributed by atoms with Crippen molar-refractivity contribution in [3.63, 3.8) is 0 Å². The molecule has 0 fully saturated rings. The fourth-order valence-electron chi connectivity index (χ4n) is 4.18. The average Bonchev–Trinajstić information content (AvgIpc) is 3.59. The summed E-state index contributed by atoms with van der Waals surface area (Å²) >= 11 is 0. The second kappa shape index (κ2) is 8.94. The van der Waals surface area contributed by atoms with E-state index in [1.807, 2.05) is 0 Å². The maximum Gasteiger partial charge on any atom is 0.586 e. The molecule has 0 aromatic heterocycles. The predicted octanol–water partition coefficient (Wildman–Crippen LogP) is 5.26. The van der Waals surface area contributed by atoms with Crippen LogP contribution in [0.4, 0.5) is 28.0 Å². The third kappa shape index (κ3) is 4.53. The van der Waals surface area contributed by atoms with Gasteiger partial charge in [0, 0.05) is 22.9 Å². The third-order valence-electron chi connectivity index (χ3n) is 5.85. The molecular formula is C25H17F4N3O6. The highest BCUT2D eigenvalue weighted by Crippen LogP contribution is 2.42. The molecule has 6 rings (SSSR count). The number of benzene rings is 3. The number of hydrogen-bond acceptors (Lipinski definition) is 7. The van der Waals surface area contributed by atoms with Crippen molar-refractivity contribution in [2.24, 2.45) is 0 Å². The summed E-state index contributed by atoms with van der Waals surface area (Å²) in [5.74, 6) is 0.733. The van der Waals surface area contributed by atoms with Gasteiger partial charge in [-0.2, -0.15) is 8.78 Å². The Morgan fingerprint density at radius 1 is 0.921 bits per heavy atom. The van der Waals surface area contributed by atoms with Gasteiger partial charge in [-0.25, -0.2) is 9.80 Å². The summed E-state index contributed by atoms with van der Waals surface area (Å²) in [7, 11) is 0. The lowest BCUT2D eigenvalue weighted by molar-refractivity contribution is -0.286. The molecule has 2 amide bonds. The fraction of sp³-hybridized carbons (Fsp3) is 0.160. The minimum absolute atomic E-state index is 0.0186. The highest BCUT2D eigenvalue weighted by molar-refractivity contribution is 5.99. The number of urea groups is 1. The van der Waals surface area contributed by atoms with Crippen LogP contribution in [0.25, 0.3) is 11.3 Å². The number of ether oxygens (including phenoxy) is 5. The number of nitrogens with zero attached hydrogens (tertiary/aromatic N) is 1. The molecule has 0 saturated heterocycles. The number of amides is 2. The molecule has 2 N–H and O–H groups in total. The minimum atomic E-state index is -3.78. The number of rotatable bonds is 5. The average molecular weight is 531 g/mol. The molecule has 0 radical (unpaired) electrons. The number of hydrazine groups is 1. The van der Waals surface area contributed by atoms with Crippen molar-refractivity contribution in [1.82, 2.24) is 10.4 Å². The fourth-order valence-corrected chi connectivity index (χ4v) is 4.18. The van der Waals surface area contributed by atoms with Crippen LogP contribution in [0.15, 0.2) is 60.7 Å². The van der Waals surface area contributed by atoms with Gasteiger partial charge in [0.1, 0.15) is 5.75 Å². The van der Waals surface area contributed by atoms with Gasteiger partial charge in [-0.05, 0) is 54.1 Å². The number of alkyl halides is 4. The molecule has 0 bridgehead atoms. The van der Waals surface area contributed by atoms with Crippen LogP contribution < -0.4 is 34.4 Å². The Morgan fingerprint density at radius 3 is 2.42 bits per heavy atom. The zero-order valence-corrected chi connectivity index (χ0v) is 19.2. The lowest BCUT2D eigenvalue weighted by atomic mass is 10.00. The zero-order valence-electron chi connectivity index (χ0n) is 19.2. The van der Waals surface area contributed by atoms with E-state index in [0.29, 0.717) is 28.3 Å². The monoisotopic (exact) mass is 531 g/mol. The van der Waals surface area contributed by atoms with Crippen LogP contribution in [0.3, 0.4) is 0 Å². The van der Waals surface area contributed by atoms with Crippen molar-refractivity contribution in [2.75, 3.05) is 18.7 Å². The van der Waals surface area contributed by atoms with Gasteiger partial charge in [0.2, 0.25) is 6.79 Å². The molecule has 3 aromatic carbocycles. The topological polar surface area (TPSA) is 90.5 Å². The van der Waals surface area contributed by atoms with Crippen LogP contribution in [-0.2, 0) is 0 Å². The van der Waals surface area contributed by atoms with Crippen molar-refractivity contribution in [1.29, 1.82) is 0 Å². The van der Waals surface area contributed by atoms with Crippen LogP contribution >= 0.6 is 0 Å². The number of hydrogen-bond donors (Lipinski definition) is 2. The van der Waals surface area contributed by atoms with Crippen molar-refractivity contribution in [3.05, 3.63) is 71.8 Å². The highest BCUT2D eigenvalue weighted by Gasteiger charge is 2.43. The summed E-state index contributed by atoms with van der Waals surface area (Å²) in [6.45, 7) is -2.78. The summed E-state index contributed by atoms with van der Waals surface area (Å²) in [5, 5.41) is 3.90. The SMILES string of the molecule is O=C(Nc1ccc2c(c1)OC(F)(F)O2)N1CC(c2ccc3c(c2)OCO3)=C(c2ccc(OC(F)F)cc2)N1. The van der Waals surface area contributed by atoms with Crippen molar-refractivity contribution >= 4 is 23.0 Å². The first-order valence-corrected chi connectivity index (χ1v) is 11.2. The summed E-state index contributed by atoms with van der Waals surface area (Å²) in [4.78, 5) is 13.1. The Labute approximate surface area is 212 Å². The van der Waals surface area contributed by atoms with E-state index in [1.165, 1.54) is 35.3 Å². The van der Waals surface area contributed by atoms with E-state index in [9.17, 15) is 22.4 Å². The summed E-state index contributed by atoms with van der Waals surface area (Å²) in [5.41, 5.74) is 5.79. The number of carbonyl (C=O) groups is 1. The van der Waals surface area contributed by atoms with Gasteiger partial charge >= 0.3 is 18.9 Å². The predicted molar refractivity (Wildman–Crippen MR) is 124 cm³/mol. The third-order valence-corrected chi connectivity index (χ3v) is 5.85. The van der Waals surface area contributed by atoms with E-state index in [1.54, 1.807) is 30.3 Å². The van der Waals surface area contributed by atoms with Crippen LogP contribution in [0.1, 0.15) is 11.1 Å². The smallest absolute Gasteiger partial charge is 0.454 e. The molecule has 3 aliphatic heterocycles. The normalized spacial score (nSPS) is 16.6. The Hall–Kier alpha value is -4.81. The van der Waals surface area contributed by atoms with Gasteiger partial charge in [-0.15, -0.1) is 8.78 Å². The molecule has 0 saturated carbocycles. The van der Waals surface area contributed by atoms with Gasteiger partial charge in [0.15, 0.2) is 23.0 Å². The highest BCUT2D eigenvalue weighted by atomic mass is 19.3. The van der Waals surface area contributed by atoms with Gasteiger partial charge in [0.05, 0.1) is 12.2 Å². The zero-order chi connectivity index (χ0) is 26.4. The molecule has 13 heteroatoms. The first kappa shape index (κ1) is 23.6. The minimum Gasteiger partial charge on any atom is -0.454 e. The van der Waals surface area contributed by atoms with E-state index in [-0.39, 0.29) is 36.3 Å². The molecule has 196 valence electrons. The lowest BCUT2D eigenvalue weighted by Crippen LogP contribution is -2.40. The van der Waals surface area contributed by atoms with Crippen molar-refractivity contribution in [2.45, 2.75) is 12.9 Å². The van der Waals surface area contributed by atoms with E-state index in [4.69, 9.17) is 9.47 Å². The van der Waals surface area contributed by atoms with Gasteiger partial charge in [-0.3, -0.25) is 5.43 Å².